The van der Waals surface area contributed by atoms with Crippen molar-refractivity contribution in [3.63, 3.8) is 0 Å². The fraction of sp³-hybridized carbons (Fsp3) is 0.241. The Labute approximate surface area is 263 Å². The molecule has 0 saturated carbocycles. The number of aryl methyl sites for hydroxylation is 2. The highest BCUT2D eigenvalue weighted by molar-refractivity contribution is 8.00. The van der Waals surface area contributed by atoms with E-state index in [0.29, 0.717) is 38.9 Å². The van der Waals surface area contributed by atoms with Gasteiger partial charge in [0.1, 0.15) is 16.3 Å². The molecule has 44 heavy (non-hydrogen) atoms. The lowest BCUT2D eigenvalue weighted by Gasteiger charge is -2.08. The number of rotatable bonds is 10. The van der Waals surface area contributed by atoms with E-state index in [9.17, 15) is 9.59 Å². The lowest BCUT2D eigenvalue weighted by molar-refractivity contribution is -0.114. The van der Waals surface area contributed by atoms with Gasteiger partial charge < -0.3 is 20.1 Å². The lowest BCUT2D eigenvalue weighted by Crippen LogP contribution is -2.14. The molecule has 2 N–H and O–H groups in total. The maximum absolute atomic E-state index is 12.8. The Morgan fingerprint density at radius 3 is 1.95 bits per heavy atom. The van der Waals surface area contributed by atoms with Gasteiger partial charge >= 0.3 is 0 Å². The van der Waals surface area contributed by atoms with Crippen LogP contribution in [-0.4, -0.2) is 66.7 Å². The van der Waals surface area contributed by atoms with Crippen LogP contribution in [0.3, 0.4) is 0 Å². The van der Waals surface area contributed by atoms with E-state index in [1.54, 1.807) is 74.1 Å². The SMILES string of the molecule is COc1ccc(NC(=O)CSc2nnc3c4c5c(sc4n4c(SCC(=O)Nc6ccc(OC)cc6)nnc4n23)CCC5)cc1. The number of hydrogen-bond acceptors (Lipinski definition) is 11. The molecule has 2 aromatic carbocycles. The van der Waals surface area contributed by atoms with Gasteiger partial charge in [0.15, 0.2) is 16.0 Å². The Kier molecular flexibility index (Phi) is 7.74. The summed E-state index contributed by atoms with van der Waals surface area (Å²) in [6.45, 7) is 0. The molecule has 0 spiro atoms. The van der Waals surface area contributed by atoms with E-state index in [2.05, 4.69) is 31.0 Å². The zero-order valence-electron chi connectivity index (χ0n) is 23.7. The average molecular weight is 647 g/mol. The van der Waals surface area contributed by atoms with Gasteiger partial charge in [0, 0.05) is 16.3 Å². The molecule has 224 valence electrons. The number of nitrogens with zero attached hydrogens (tertiary/aromatic N) is 6. The van der Waals surface area contributed by atoms with Gasteiger partial charge in [-0.1, -0.05) is 23.5 Å². The standard InChI is InChI=1S/C29H26N8O4S3/c1-40-18-10-6-16(7-11-18)30-22(38)14-42-28-34-32-25-24-20-4-3-5-21(20)44-26(24)37-27(36(25)28)33-35-29(37)43-15-23(39)31-17-8-12-19(41-2)13-9-17/h6-13H,3-5,14-15H2,1-2H3,(H,30,38)(H,31,39). The first-order valence-corrected chi connectivity index (χ1v) is 16.5. The van der Waals surface area contributed by atoms with Crippen LogP contribution in [0, 0.1) is 0 Å². The van der Waals surface area contributed by atoms with Gasteiger partial charge in [0.25, 0.3) is 0 Å². The van der Waals surface area contributed by atoms with Crippen LogP contribution in [0.5, 0.6) is 11.5 Å². The molecule has 0 atom stereocenters. The van der Waals surface area contributed by atoms with Crippen molar-refractivity contribution in [1.29, 1.82) is 0 Å². The molecule has 7 rings (SSSR count). The van der Waals surface area contributed by atoms with Gasteiger partial charge in [-0.25, -0.2) is 8.80 Å². The van der Waals surface area contributed by atoms with Crippen LogP contribution in [0.1, 0.15) is 16.9 Å². The molecular formula is C29H26N8O4S3. The second-order valence-corrected chi connectivity index (χ2v) is 12.9. The summed E-state index contributed by atoms with van der Waals surface area (Å²) in [4.78, 5) is 27.9. The van der Waals surface area contributed by atoms with Gasteiger partial charge in [-0.2, -0.15) is 0 Å². The number of carbonyl (C=O) groups is 2. The number of amides is 2. The van der Waals surface area contributed by atoms with E-state index in [1.165, 1.54) is 34.0 Å². The first-order valence-electron chi connectivity index (χ1n) is 13.7. The van der Waals surface area contributed by atoms with E-state index in [-0.39, 0.29) is 23.3 Å². The Morgan fingerprint density at radius 1 is 0.795 bits per heavy atom. The number of methoxy groups -OCH3 is 2. The fourth-order valence-corrected chi connectivity index (χ4v) is 8.07. The van der Waals surface area contributed by atoms with Crippen LogP contribution in [0.25, 0.3) is 21.6 Å². The number of anilines is 2. The van der Waals surface area contributed by atoms with Crippen molar-refractivity contribution >= 4 is 79.7 Å². The summed E-state index contributed by atoms with van der Waals surface area (Å²) in [6, 6.07) is 14.3. The summed E-state index contributed by atoms with van der Waals surface area (Å²) in [5.41, 5.74) is 3.34. The molecule has 4 aromatic heterocycles. The van der Waals surface area contributed by atoms with Crippen molar-refractivity contribution in [1.82, 2.24) is 29.2 Å². The molecule has 0 radical (unpaired) electrons. The van der Waals surface area contributed by atoms with Crippen LogP contribution in [0.2, 0.25) is 0 Å². The third-order valence-corrected chi connectivity index (χ3v) is 10.3. The summed E-state index contributed by atoms with van der Waals surface area (Å²) in [5, 5.41) is 26.0. The second kappa shape index (κ2) is 12.0. The van der Waals surface area contributed by atoms with E-state index in [0.717, 1.165) is 35.2 Å². The summed E-state index contributed by atoms with van der Waals surface area (Å²) >= 11 is 4.31. The molecule has 2 amide bonds. The number of hydrogen-bond donors (Lipinski definition) is 2. The Balaban J connectivity index is 1.17. The van der Waals surface area contributed by atoms with Crippen molar-refractivity contribution < 1.29 is 19.1 Å². The second-order valence-electron chi connectivity index (χ2n) is 9.93. The van der Waals surface area contributed by atoms with Crippen LogP contribution < -0.4 is 20.1 Å². The molecule has 0 saturated heterocycles. The van der Waals surface area contributed by atoms with Gasteiger partial charge in [-0.3, -0.25) is 9.59 Å². The largest absolute Gasteiger partial charge is 0.497 e. The van der Waals surface area contributed by atoms with Crippen molar-refractivity contribution in [2.45, 2.75) is 29.6 Å². The maximum atomic E-state index is 12.8. The Bertz CT molecular complexity index is 2020. The third kappa shape index (κ3) is 5.31. The number of fused-ring (bicyclic) bond motifs is 8. The number of thiophene rings is 1. The number of thioether (sulfide) groups is 2. The molecule has 12 nitrogen and oxygen atoms in total. The Morgan fingerprint density at radius 2 is 1.36 bits per heavy atom. The lowest BCUT2D eigenvalue weighted by atomic mass is 10.2. The van der Waals surface area contributed by atoms with Crippen LogP contribution in [0.15, 0.2) is 58.8 Å². The molecule has 0 unspecified atom stereocenters. The average Bonchev–Trinajstić information content (AvgIpc) is 3.82. The Hall–Kier alpha value is -4.34. The zero-order chi connectivity index (χ0) is 30.2. The number of carbonyl (C=O) groups excluding carboxylic acids is 2. The monoisotopic (exact) mass is 646 g/mol. The van der Waals surface area contributed by atoms with Crippen molar-refractivity contribution in [2.24, 2.45) is 0 Å². The number of ether oxygens (including phenoxy) is 2. The van der Waals surface area contributed by atoms with Crippen molar-refractivity contribution in [2.75, 3.05) is 36.4 Å². The van der Waals surface area contributed by atoms with Crippen molar-refractivity contribution in [3.8, 4) is 11.5 Å². The third-order valence-electron chi connectivity index (χ3n) is 7.19. The number of aromatic nitrogens is 6. The van der Waals surface area contributed by atoms with E-state index in [4.69, 9.17) is 9.47 Å². The minimum Gasteiger partial charge on any atom is -0.497 e. The first kappa shape index (κ1) is 28.4. The fourth-order valence-electron chi connectivity index (χ4n) is 5.16. The van der Waals surface area contributed by atoms with Gasteiger partial charge in [-0.05, 0) is 73.4 Å². The van der Waals surface area contributed by atoms with Gasteiger partial charge in [0.05, 0.1) is 31.1 Å². The highest BCUT2D eigenvalue weighted by Crippen LogP contribution is 2.41. The van der Waals surface area contributed by atoms with E-state index < -0.39 is 0 Å². The van der Waals surface area contributed by atoms with Gasteiger partial charge in [-0.15, -0.1) is 31.7 Å². The van der Waals surface area contributed by atoms with Gasteiger partial charge in [0.2, 0.25) is 17.6 Å². The minimum absolute atomic E-state index is 0.125. The quantitative estimate of drug-likeness (QED) is 0.197. The molecule has 1 aliphatic rings. The summed E-state index contributed by atoms with van der Waals surface area (Å²) in [5.74, 6) is 1.90. The summed E-state index contributed by atoms with van der Waals surface area (Å²) in [6.07, 6.45) is 3.07. The molecule has 6 aromatic rings. The van der Waals surface area contributed by atoms with Crippen molar-refractivity contribution in [3.05, 3.63) is 59.0 Å². The topological polar surface area (TPSA) is 137 Å². The minimum atomic E-state index is -0.175. The van der Waals surface area contributed by atoms with E-state index in [1.807, 2.05) is 8.80 Å². The zero-order valence-corrected chi connectivity index (χ0v) is 26.1. The molecule has 0 fully saturated rings. The maximum Gasteiger partial charge on any atom is 0.245 e. The van der Waals surface area contributed by atoms with Crippen LogP contribution in [-0.2, 0) is 22.4 Å². The molecule has 1 aliphatic carbocycles. The number of nitrogens with one attached hydrogen (secondary N) is 2. The highest BCUT2D eigenvalue weighted by atomic mass is 32.2. The molecule has 4 heterocycles. The molecule has 0 aliphatic heterocycles. The molecule has 0 bridgehead atoms. The molecular weight excluding hydrogens is 621 g/mol. The summed E-state index contributed by atoms with van der Waals surface area (Å²) < 4.78 is 14.2. The normalized spacial score (nSPS) is 12.6. The highest BCUT2D eigenvalue weighted by Gasteiger charge is 2.27. The predicted molar refractivity (Wildman–Crippen MR) is 172 cm³/mol. The molecule has 15 heteroatoms. The smallest absolute Gasteiger partial charge is 0.245 e. The van der Waals surface area contributed by atoms with Crippen LogP contribution >= 0.6 is 34.9 Å². The predicted octanol–water partition coefficient (Wildman–Crippen LogP) is 4.95. The van der Waals surface area contributed by atoms with Crippen LogP contribution in [0.4, 0.5) is 11.4 Å². The van der Waals surface area contributed by atoms with E-state index >= 15 is 0 Å². The summed E-state index contributed by atoms with van der Waals surface area (Å²) in [7, 11) is 3.20. The number of benzene rings is 2. The first-order chi connectivity index (χ1) is 21.5.